The van der Waals surface area contributed by atoms with Crippen LogP contribution in [0.3, 0.4) is 0 Å². The van der Waals surface area contributed by atoms with Gasteiger partial charge in [-0.2, -0.15) is 5.26 Å². The molecule has 14 heteroatoms. The predicted octanol–water partition coefficient (Wildman–Crippen LogP) is 2.31. The molecule has 2 N–H and O–H groups in total. The second-order valence-electron chi connectivity index (χ2n) is 8.77. The Morgan fingerprint density at radius 2 is 2.21 bits per heavy atom. The van der Waals surface area contributed by atoms with Crippen molar-refractivity contribution in [1.82, 2.24) is 29.6 Å². The van der Waals surface area contributed by atoms with E-state index in [1.54, 1.807) is 16.7 Å². The van der Waals surface area contributed by atoms with E-state index in [4.69, 9.17) is 5.26 Å². The molecule has 1 atom stereocenters. The van der Waals surface area contributed by atoms with Gasteiger partial charge in [-0.15, -0.1) is 10.2 Å². The van der Waals surface area contributed by atoms with Crippen molar-refractivity contribution in [3.8, 4) is 16.9 Å². The number of nitrogens with zero attached hydrogens (tertiary/aromatic N) is 6. The lowest BCUT2D eigenvalue weighted by Crippen LogP contribution is -2.50. The first kappa shape index (κ1) is 23.0. The van der Waals surface area contributed by atoms with Gasteiger partial charge in [-0.3, -0.25) is 4.40 Å². The highest BCUT2D eigenvalue weighted by Crippen LogP contribution is 2.37. The van der Waals surface area contributed by atoms with Crippen molar-refractivity contribution < 1.29 is 17.2 Å². The highest BCUT2D eigenvalue weighted by molar-refractivity contribution is 7.89. The molecule has 34 heavy (non-hydrogen) atoms. The molecule has 0 aromatic carbocycles. The minimum atomic E-state index is -3.86. The zero-order valence-electron chi connectivity index (χ0n) is 18.2. The quantitative estimate of drug-likeness (QED) is 0.498. The number of hydrogen-bond donors (Lipinski definition) is 2. The van der Waals surface area contributed by atoms with Crippen molar-refractivity contribution in [2.24, 2.45) is 0 Å². The Bertz CT molecular complexity index is 1380. The van der Waals surface area contributed by atoms with Crippen LogP contribution in [0.1, 0.15) is 37.6 Å². The summed E-state index contributed by atoms with van der Waals surface area (Å²) in [4.78, 5) is 6.43. The van der Waals surface area contributed by atoms with Gasteiger partial charge < -0.3 is 10.2 Å². The number of piperazine rings is 1. The topological polar surface area (TPSA) is 128 Å². The van der Waals surface area contributed by atoms with Gasteiger partial charge in [0.05, 0.1) is 29.9 Å². The number of halogens is 2. The van der Waals surface area contributed by atoms with E-state index in [0.717, 1.165) is 12.8 Å². The molecule has 1 saturated carbocycles. The van der Waals surface area contributed by atoms with Crippen molar-refractivity contribution in [2.75, 3.05) is 24.5 Å². The van der Waals surface area contributed by atoms with Crippen LogP contribution < -0.4 is 14.9 Å². The van der Waals surface area contributed by atoms with Crippen molar-refractivity contribution in [3.05, 3.63) is 23.5 Å². The number of fused-ring (bicyclic) bond motifs is 1. The molecular weight excluding hydrogens is 486 g/mol. The second kappa shape index (κ2) is 8.49. The molecule has 2 aliphatic rings. The average Bonchev–Trinajstić information content (AvgIpc) is 3.18. The maximum Gasteiger partial charge on any atom is 0.291 e. The fraction of sp³-hybridized carbons (Fsp3) is 0.500. The number of hydrogen-bond acceptors (Lipinski definition) is 9. The zero-order chi connectivity index (χ0) is 24.1. The third kappa shape index (κ3) is 4.36. The minimum absolute atomic E-state index is 0.0383. The minimum Gasteiger partial charge on any atom is -0.367 e. The highest BCUT2D eigenvalue weighted by Gasteiger charge is 2.41. The Morgan fingerprint density at radius 3 is 2.88 bits per heavy atom. The lowest BCUT2D eigenvalue weighted by molar-refractivity contribution is 0.150. The number of nitrogens with one attached hydrogen (secondary N) is 2. The lowest BCUT2D eigenvalue weighted by Gasteiger charge is -2.35. The zero-order valence-corrected chi connectivity index (χ0v) is 19.8. The number of nitriles is 1. The third-order valence-electron chi connectivity index (χ3n) is 6.04. The van der Waals surface area contributed by atoms with Crippen molar-refractivity contribution in [1.29, 1.82) is 5.26 Å². The fourth-order valence-electron chi connectivity index (χ4n) is 3.99. The van der Waals surface area contributed by atoms with E-state index in [-0.39, 0.29) is 21.8 Å². The molecule has 3 aromatic heterocycles. The molecule has 0 unspecified atom stereocenters. The standard InChI is InChI=1S/C20H22F2N8O2S2/c1-20(3-4-20)28-34(31,32)13-8-14(29-7-6-24-12(10-29)2-5-23)15-9-25-17(30(15)11-13)19-27-26-18(33-19)16(21)22/h8-9,11-12,16,24,28H,2-4,6-7,10H2,1H3/t12-/m1/s1. The van der Waals surface area contributed by atoms with Gasteiger partial charge in [0.15, 0.2) is 15.8 Å². The summed E-state index contributed by atoms with van der Waals surface area (Å²) in [5.74, 6) is 0.235. The molecule has 0 radical (unpaired) electrons. The fourth-order valence-corrected chi connectivity index (χ4v) is 6.16. The molecule has 5 rings (SSSR count). The van der Waals surface area contributed by atoms with E-state index in [9.17, 15) is 17.2 Å². The number of rotatable bonds is 7. The van der Waals surface area contributed by atoms with Crippen LogP contribution >= 0.6 is 11.3 Å². The summed E-state index contributed by atoms with van der Waals surface area (Å²) in [6.07, 6.45) is 2.08. The van der Waals surface area contributed by atoms with Crippen molar-refractivity contribution in [3.63, 3.8) is 0 Å². The molecule has 2 fully saturated rings. The Morgan fingerprint density at radius 1 is 1.41 bits per heavy atom. The molecule has 1 aliphatic carbocycles. The molecule has 0 spiro atoms. The molecule has 1 saturated heterocycles. The molecule has 3 aromatic rings. The third-order valence-corrected chi connectivity index (χ3v) is 8.57. The Kier molecular flexibility index (Phi) is 5.75. The van der Waals surface area contributed by atoms with Crippen LogP contribution in [0.25, 0.3) is 16.3 Å². The molecule has 1 aliphatic heterocycles. The normalized spacial score (nSPS) is 20.1. The number of aromatic nitrogens is 4. The van der Waals surface area contributed by atoms with Gasteiger partial charge in [-0.1, -0.05) is 11.3 Å². The first-order chi connectivity index (χ1) is 16.2. The van der Waals surface area contributed by atoms with E-state index >= 15 is 0 Å². The summed E-state index contributed by atoms with van der Waals surface area (Å²) >= 11 is 0.715. The first-order valence-corrected chi connectivity index (χ1v) is 13.0. The number of pyridine rings is 1. The van der Waals surface area contributed by atoms with Crippen LogP contribution in [-0.2, 0) is 10.0 Å². The largest absolute Gasteiger partial charge is 0.367 e. The van der Waals surface area contributed by atoms with Crippen LogP contribution in [0, 0.1) is 11.3 Å². The number of anilines is 1. The van der Waals surface area contributed by atoms with Crippen LogP contribution in [0.5, 0.6) is 0 Å². The summed E-state index contributed by atoms with van der Waals surface area (Å²) in [7, 11) is -3.86. The van der Waals surface area contributed by atoms with Crippen LogP contribution in [0.15, 0.2) is 23.4 Å². The summed E-state index contributed by atoms with van der Waals surface area (Å²) in [5, 5.41) is 19.5. The number of alkyl halides is 2. The first-order valence-electron chi connectivity index (χ1n) is 10.7. The molecule has 10 nitrogen and oxygen atoms in total. The summed E-state index contributed by atoms with van der Waals surface area (Å²) in [6.45, 7) is 3.58. The summed E-state index contributed by atoms with van der Waals surface area (Å²) in [5.41, 5.74) is 0.771. The average molecular weight is 509 g/mol. The smallest absolute Gasteiger partial charge is 0.291 e. The van der Waals surface area contributed by atoms with Gasteiger partial charge in [0.25, 0.3) is 6.43 Å². The van der Waals surface area contributed by atoms with Gasteiger partial charge in [0.2, 0.25) is 10.0 Å². The van der Waals surface area contributed by atoms with E-state index < -0.39 is 27.0 Å². The van der Waals surface area contributed by atoms with E-state index in [2.05, 4.69) is 31.3 Å². The van der Waals surface area contributed by atoms with Crippen molar-refractivity contribution >= 4 is 32.6 Å². The van der Waals surface area contributed by atoms with Gasteiger partial charge in [0.1, 0.15) is 4.90 Å². The molecule has 0 amide bonds. The van der Waals surface area contributed by atoms with Gasteiger partial charge in [-0.25, -0.2) is 26.9 Å². The number of sulfonamides is 1. The van der Waals surface area contributed by atoms with Gasteiger partial charge in [-0.05, 0) is 25.8 Å². The van der Waals surface area contributed by atoms with Gasteiger partial charge in [0, 0.05) is 37.4 Å². The van der Waals surface area contributed by atoms with E-state index in [1.165, 1.54) is 6.20 Å². The SMILES string of the molecule is CC1(NS(=O)(=O)c2cc(N3CCN[C@H](CC#N)C3)c3cnc(-c4nnc(C(F)F)s4)n3c2)CC1. The van der Waals surface area contributed by atoms with Crippen molar-refractivity contribution in [2.45, 2.75) is 49.1 Å². The molecule has 4 heterocycles. The Labute approximate surface area is 198 Å². The monoisotopic (exact) mass is 508 g/mol. The summed E-state index contributed by atoms with van der Waals surface area (Å²) < 4.78 is 57.0. The molecule has 0 bridgehead atoms. The van der Waals surface area contributed by atoms with E-state index in [1.807, 2.05) is 11.8 Å². The van der Waals surface area contributed by atoms with Crippen LogP contribution in [0.2, 0.25) is 0 Å². The Balaban J connectivity index is 1.64. The van der Waals surface area contributed by atoms with Crippen LogP contribution in [0.4, 0.5) is 14.5 Å². The maximum absolute atomic E-state index is 13.3. The number of imidazole rings is 1. The van der Waals surface area contributed by atoms with Crippen LogP contribution in [-0.4, -0.2) is 59.2 Å². The highest BCUT2D eigenvalue weighted by atomic mass is 32.2. The molecule has 180 valence electrons. The predicted molar refractivity (Wildman–Crippen MR) is 121 cm³/mol. The lowest BCUT2D eigenvalue weighted by atomic mass is 10.1. The maximum atomic E-state index is 13.3. The molecular formula is C20H22F2N8O2S2. The summed E-state index contributed by atoms with van der Waals surface area (Å²) in [6, 6.07) is 3.70. The Hall–Kier alpha value is -2.73. The second-order valence-corrected chi connectivity index (χ2v) is 11.5. The van der Waals surface area contributed by atoms with Gasteiger partial charge >= 0.3 is 0 Å². The van der Waals surface area contributed by atoms with E-state index in [0.29, 0.717) is 48.6 Å².